The summed E-state index contributed by atoms with van der Waals surface area (Å²) in [4.78, 5) is 22.0. The van der Waals surface area contributed by atoms with Crippen molar-refractivity contribution >= 4 is 28.2 Å². The van der Waals surface area contributed by atoms with Crippen LogP contribution in [-0.2, 0) is 4.79 Å². The second-order valence-corrected chi connectivity index (χ2v) is 4.66. The van der Waals surface area contributed by atoms with E-state index in [1.807, 2.05) is 30.3 Å². The van der Waals surface area contributed by atoms with E-state index >= 15 is 0 Å². The third kappa shape index (κ3) is 3.13. The number of nitrogens with one attached hydrogen (secondary N) is 1. The standard InChI is InChI=1S/C15H16N2O3/c1-9(18)11-3-2-10-4-5-13(7-12(10)6-11)17-8-14(16)15(19)20/h2-7,14,17H,8,16H2,1H3,(H,19,20)/t14-/m0/s1. The lowest BCUT2D eigenvalue weighted by molar-refractivity contribution is -0.138. The molecule has 0 radical (unpaired) electrons. The molecule has 0 unspecified atom stereocenters. The molecule has 0 bridgehead atoms. The first-order valence-corrected chi connectivity index (χ1v) is 6.24. The number of carbonyl (C=O) groups excluding carboxylic acids is 1. The van der Waals surface area contributed by atoms with Gasteiger partial charge in [0.2, 0.25) is 0 Å². The van der Waals surface area contributed by atoms with E-state index in [0.29, 0.717) is 5.56 Å². The van der Waals surface area contributed by atoms with Crippen LogP contribution in [0, 0.1) is 0 Å². The van der Waals surface area contributed by atoms with Crippen LogP contribution in [0.1, 0.15) is 17.3 Å². The van der Waals surface area contributed by atoms with Crippen LogP contribution in [0.3, 0.4) is 0 Å². The van der Waals surface area contributed by atoms with E-state index in [-0.39, 0.29) is 12.3 Å². The molecule has 2 rings (SSSR count). The largest absolute Gasteiger partial charge is 0.480 e. The smallest absolute Gasteiger partial charge is 0.322 e. The predicted octanol–water partition coefficient (Wildman–Crippen LogP) is 1.87. The van der Waals surface area contributed by atoms with Gasteiger partial charge in [-0.1, -0.05) is 18.2 Å². The van der Waals surface area contributed by atoms with Crippen molar-refractivity contribution in [1.82, 2.24) is 0 Å². The van der Waals surface area contributed by atoms with Gasteiger partial charge < -0.3 is 16.2 Å². The van der Waals surface area contributed by atoms with Gasteiger partial charge in [-0.15, -0.1) is 0 Å². The van der Waals surface area contributed by atoms with Crippen molar-refractivity contribution in [3.8, 4) is 0 Å². The number of ketones is 1. The van der Waals surface area contributed by atoms with Gasteiger partial charge in [0.05, 0.1) is 0 Å². The second kappa shape index (κ2) is 5.71. The Morgan fingerprint density at radius 2 is 1.90 bits per heavy atom. The fourth-order valence-electron chi connectivity index (χ4n) is 1.89. The van der Waals surface area contributed by atoms with Crippen LogP contribution in [0.25, 0.3) is 10.8 Å². The number of rotatable bonds is 5. The molecule has 0 spiro atoms. The molecule has 0 amide bonds. The molecule has 0 fully saturated rings. The number of nitrogens with two attached hydrogens (primary N) is 1. The zero-order valence-electron chi connectivity index (χ0n) is 11.1. The Labute approximate surface area is 116 Å². The number of aliphatic carboxylic acids is 1. The lowest BCUT2D eigenvalue weighted by Gasteiger charge is -2.10. The van der Waals surface area contributed by atoms with E-state index in [2.05, 4.69) is 5.32 Å². The highest BCUT2D eigenvalue weighted by Crippen LogP contribution is 2.21. The third-order valence-electron chi connectivity index (χ3n) is 3.09. The molecule has 0 aromatic heterocycles. The number of Topliss-reactive ketones (excluding diaryl/α,β-unsaturated/α-hetero) is 1. The second-order valence-electron chi connectivity index (χ2n) is 4.66. The molecule has 104 valence electrons. The van der Waals surface area contributed by atoms with Gasteiger partial charge in [-0.05, 0) is 35.9 Å². The summed E-state index contributed by atoms with van der Waals surface area (Å²) in [7, 11) is 0. The fourth-order valence-corrected chi connectivity index (χ4v) is 1.89. The highest BCUT2D eigenvalue weighted by atomic mass is 16.4. The molecule has 0 saturated carbocycles. The quantitative estimate of drug-likeness (QED) is 0.722. The lowest BCUT2D eigenvalue weighted by Crippen LogP contribution is -2.36. The van der Waals surface area contributed by atoms with Crippen molar-refractivity contribution < 1.29 is 14.7 Å². The minimum Gasteiger partial charge on any atom is -0.480 e. The topological polar surface area (TPSA) is 92.4 Å². The summed E-state index contributed by atoms with van der Waals surface area (Å²) in [5.41, 5.74) is 6.86. The van der Waals surface area contributed by atoms with Gasteiger partial charge in [0.15, 0.2) is 5.78 Å². The van der Waals surface area contributed by atoms with Crippen LogP contribution in [-0.4, -0.2) is 29.4 Å². The number of hydrogen-bond acceptors (Lipinski definition) is 4. The van der Waals surface area contributed by atoms with E-state index in [0.717, 1.165) is 16.5 Å². The molecule has 0 aliphatic heterocycles. The summed E-state index contributed by atoms with van der Waals surface area (Å²) in [6.07, 6.45) is 0. The van der Waals surface area contributed by atoms with Crippen molar-refractivity contribution in [2.24, 2.45) is 5.73 Å². The summed E-state index contributed by atoms with van der Waals surface area (Å²) in [6.45, 7) is 1.67. The van der Waals surface area contributed by atoms with E-state index in [1.165, 1.54) is 6.92 Å². The summed E-state index contributed by atoms with van der Waals surface area (Å²) in [5, 5.41) is 13.6. The van der Waals surface area contributed by atoms with Gasteiger partial charge in [-0.3, -0.25) is 9.59 Å². The number of carbonyl (C=O) groups is 2. The Kier molecular flexibility index (Phi) is 4.00. The Morgan fingerprint density at radius 1 is 1.20 bits per heavy atom. The highest BCUT2D eigenvalue weighted by molar-refractivity contribution is 5.99. The molecule has 0 heterocycles. The van der Waals surface area contributed by atoms with Gasteiger partial charge in [-0.2, -0.15) is 0 Å². The normalized spacial score (nSPS) is 12.1. The Balaban J connectivity index is 2.23. The number of benzene rings is 2. The van der Waals surface area contributed by atoms with Crippen LogP contribution in [0.5, 0.6) is 0 Å². The van der Waals surface area contributed by atoms with Gasteiger partial charge in [0.1, 0.15) is 6.04 Å². The zero-order valence-corrected chi connectivity index (χ0v) is 11.1. The number of fused-ring (bicyclic) bond motifs is 1. The molecule has 4 N–H and O–H groups in total. The van der Waals surface area contributed by atoms with Crippen LogP contribution in [0.2, 0.25) is 0 Å². The third-order valence-corrected chi connectivity index (χ3v) is 3.09. The van der Waals surface area contributed by atoms with Crippen molar-refractivity contribution in [2.45, 2.75) is 13.0 Å². The van der Waals surface area contributed by atoms with Gasteiger partial charge in [0, 0.05) is 17.8 Å². The average Bonchev–Trinajstić information content (AvgIpc) is 2.43. The highest BCUT2D eigenvalue weighted by Gasteiger charge is 2.10. The molecule has 20 heavy (non-hydrogen) atoms. The zero-order chi connectivity index (χ0) is 14.7. The lowest BCUT2D eigenvalue weighted by atomic mass is 10.0. The Morgan fingerprint density at radius 3 is 2.55 bits per heavy atom. The molecule has 0 aliphatic carbocycles. The molecule has 2 aromatic carbocycles. The Hall–Kier alpha value is -2.40. The maximum Gasteiger partial charge on any atom is 0.322 e. The fraction of sp³-hybridized carbons (Fsp3) is 0.200. The molecular weight excluding hydrogens is 256 g/mol. The van der Waals surface area contributed by atoms with Crippen molar-refractivity contribution in [3.05, 3.63) is 42.0 Å². The summed E-state index contributed by atoms with van der Waals surface area (Å²) >= 11 is 0. The average molecular weight is 272 g/mol. The molecule has 2 aromatic rings. The molecular formula is C15H16N2O3. The minimum atomic E-state index is -1.04. The van der Waals surface area contributed by atoms with E-state index in [4.69, 9.17) is 10.8 Å². The first kappa shape index (κ1) is 14.0. The molecule has 1 atom stereocenters. The van der Waals surface area contributed by atoms with Crippen molar-refractivity contribution in [3.63, 3.8) is 0 Å². The van der Waals surface area contributed by atoms with Crippen LogP contribution in [0.4, 0.5) is 5.69 Å². The maximum absolute atomic E-state index is 11.4. The summed E-state index contributed by atoms with van der Waals surface area (Å²) in [6, 6.07) is 10.2. The molecule has 0 saturated heterocycles. The van der Waals surface area contributed by atoms with Crippen LogP contribution >= 0.6 is 0 Å². The number of hydrogen-bond donors (Lipinski definition) is 3. The number of carboxylic acids is 1. The van der Waals surface area contributed by atoms with Gasteiger partial charge in [-0.25, -0.2) is 0 Å². The van der Waals surface area contributed by atoms with E-state index in [9.17, 15) is 9.59 Å². The maximum atomic E-state index is 11.4. The molecule has 0 aliphatic rings. The first-order valence-electron chi connectivity index (χ1n) is 6.24. The SMILES string of the molecule is CC(=O)c1ccc2ccc(NC[C@H](N)C(=O)O)cc2c1. The Bertz CT molecular complexity index is 667. The summed E-state index contributed by atoms with van der Waals surface area (Å²) in [5.74, 6) is -1.03. The summed E-state index contributed by atoms with van der Waals surface area (Å²) < 4.78 is 0. The van der Waals surface area contributed by atoms with Gasteiger partial charge in [0.25, 0.3) is 0 Å². The molecule has 5 nitrogen and oxygen atoms in total. The number of anilines is 1. The van der Waals surface area contributed by atoms with Crippen LogP contribution in [0.15, 0.2) is 36.4 Å². The van der Waals surface area contributed by atoms with Crippen molar-refractivity contribution in [1.29, 1.82) is 0 Å². The van der Waals surface area contributed by atoms with Crippen LogP contribution < -0.4 is 11.1 Å². The minimum absolute atomic E-state index is 0.0122. The van der Waals surface area contributed by atoms with E-state index < -0.39 is 12.0 Å². The predicted molar refractivity (Wildman–Crippen MR) is 78.1 cm³/mol. The molecule has 5 heteroatoms. The number of carboxylic acid groups (broad SMARTS) is 1. The van der Waals surface area contributed by atoms with E-state index in [1.54, 1.807) is 6.07 Å². The monoisotopic (exact) mass is 272 g/mol. The van der Waals surface area contributed by atoms with Gasteiger partial charge >= 0.3 is 5.97 Å². The van der Waals surface area contributed by atoms with Crippen molar-refractivity contribution in [2.75, 3.05) is 11.9 Å². The first-order chi connectivity index (χ1) is 9.47.